The average molecular weight is 247 g/mol. The van der Waals surface area contributed by atoms with Gasteiger partial charge in [-0.3, -0.25) is 4.79 Å². The molecule has 0 atom stereocenters. The van der Waals surface area contributed by atoms with Crippen molar-refractivity contribution in [1.29, 1.82) is 0 Å². The number of aromatic nitrogens is 2. The van der Waals surface area contributed by atoms with Gasteiger partial charge in [-0.05, 0) is 11.6 Å². The van der Waals surface area contributed by atoms with Gasteiger partial charge < -0.3 is 10.3 Å². The van der Waals surface area contributed by atoms with E-state index in [0.29, 0.717) is 18.5 Å². The van der Waals surface area contributed by atoms with Crippen LogP contribution in [0.4, 0.5) is 4.39 Å². The maximum Gasteiger partial charge on any atom is 0.224 e. The number of halogens is 1. The molecule has 1 aromatic carbocycles. The first kappa shape index (κ1) is 12.3. The van der Waals surface area contributed by atoms with Gasteiger partial charge in [-0.1, -0.05) is 18.2 Å². The van der Waals surface area contributed by atoms with Crippen LogP contribution in [-0.2, 0) is 17.6 Å². The van der Waals surface area contributed by atoms with Crippen molar-refractivity contribution < 1.29 is 9.18 Å². The first-order valence-corrected chi connectivity index (χ1v) is 5.73. The van der Waals surface area contributed by atoms with Gasteiger partial charge >= 0.3 is 0 Å². The molecule has 0 saturated carbocycles. The molecule has 2 N–H and O–H groups in total. The minimum Gasteiger partial charge on any atom is -0.355 e. The normalized spacial score (nSPS) is 10.3. The van der Waals surface area contributed by atoms with Crippen molar-refractivity contribution in [3.8, 4) is 0 Å². The molecule has 0 aliphatic heterocycles. The number of rotatable bonds is 5. The van der Waals surface area contributed by atoms with Crippen LogP contribution in [0, 0.1) is 5.82 Å². The predicted molar refractivity (Wildman–Crippen MR) is 65.4 cm³/mol. The molecule has 0 spiro atoms. The topological polar surface area (TPSA) is 57.8 Å². The Labute approximate surface area is 104 Å². The Morgan fingerprint density at radius 2 is 2.22 bits per heavy atom. The highest BCUT2D eigenvalue weighted by Gasteiger charge is 2.06. The van der Waals surface area contributed by atoms with Gasteiger partial charge in [0.05, 0.1) is 12.7 Å². The first-order valence-electron chi connectivity index (χ1n) is 5.73. The number of nitrogens with zero attached hydrogens (tertiary/aromatic N) is 1. The minimum absolute atomic E-state index is 0.0651. The van der Waals surface area contributed by atoms with E-state index in [9.17, 15) is 9.18 Å². The third-order valence-corrected chi connectivity index (χ3v) is 2.58. The second-order valence-corrected chi connectivity index (χ2v) is 3.94. The molecule has 0 saturated heterocycles. The summed E-state index contributed by atoms with van der Waals surface area (Å²) in [5.74, 6) is -0.527. The van der Waals surface area contributed by atoms with Crippen LogP contribution in [0.15, 0.2) is 36.8 Å². The third-order valence-electron chi connectivity index (χ3n) is 2.58. The van der Waals surface area contributed by atoms with Gasteiger partial charge in [0, 0.05) is 24.9 Å². The number of carbonyl (C=O) groups is 1. The second-order valence-electron chi connectivity index (χ2n) is 3.94. The van der Waals surface area contributed by atoms with E-state index >= 15 is 0 Å². The number of amides is 1. The van der Waals surface area contributed by atoms with Gasteiger partial charge in [0.25, 0.3) is 0 Å². The number of aromatic amines is 1. The van der Waals surface area contributed by atoms with Crippen molar-refractivity contribution in [3.05, 3.63) is 53.9 Å². The van der Waals surface area contributed by atoms with E-state index in [1.165, 1.54) is 6.07 Å². The first-order chi connectivity index (χ1) is 8.75. The fourth-order valence-electron chi connectivity index (χ4n) is 1.64. The van der Waals surface area contributed by atoms with Crippen molar-refractivity contribution in [2.24, 2.45) is 0 Å². The number of hydrogen-bond acceptors (Lipinski definition) is 2. The van der Waals surface area contributed by atoms with Crippen LogP contribution in [0.1, 0.15) is 11.3 Å². The summed E-state index contributed by atoms with van der Waals surface area (Å²) < 4.78 is 13.3. The van der Waals surface area contributed by atoms with Gasteiger partial charge in [-0.15, -0.1) is 0 Å². The van der Waals surface area contributed by atoms with Crippen molar-refractivity contribution in [3.63, 3.8) is 0 Å². The second kappa shape index (κ2) is 5.95. The number of nitrogens with one attached hydrogen (secondary N) is 2. The van der Waals surface area contributed by atoms with Gasteiger partial charge in [0.2, 0.25) is 5.91 Å². The van der Waals surface area contributed by atoms with E-state index in [2.05, 4.69) is 15.3 Å². The molecule has 18 heavy (non-hydrogen) atoms. The number of hydrogen-bond donors (Lipinski definition) is 2. The van der Waals surface area contributed by atoms with Crippen LogP contribution in [0.5, 0.6) is 0 Å². The van der Waals surface area contributed by atoms with Crippen molar-refractivity contribution in [1.82, 2.24) is 15.3 Å². The predicted octanol–water partition coefficient (Wildman–Crippen LogP) is 1.45. The highest BCUT2D eigenvalue weighted by molar-refractivity contribution is 5.78. The number of H-pyrrole nitrogens is 1. The summed E-state index contributed by atoms with van der Waals surface area (Å²) in [4.78, 5) is 18.4. The Balaban J connectivity index is 1.77. The molecule has 1 aromatic heterocycles. The molecule has 0 unspecified atom stereocenters. The molecule has 1 amide bonds. The number of imidazole rings is 1. The van der Waals surface area contributed by atoms with Crippen LogP contribution in [0.3, 0.4) is 0 Å². The molecule has 0 bridgehead atoms. The summed E-state index contributed by atoms with van der Waals surface area (Å²) in [6.07, 6.45) is 4.05. The molecule has 5 heteroatoms. The number of carbonyl (C=O) groups excluding carboxylic acids is 1. The molecule has 0 aliphatic carbocycles. The van der Waals surface area contributed by atoms with E-state index in [4.69, 9.17) is 0 Å². The lowest BCUT2D eigenvalue weighted by Gasteiger charge is -2.05. The van der Waals surface area contributed by atoms with Crippen molar-refractivity contribution in [2.75, 3.05) is 6.54 Å². The summed E-state index contributed by atoms with van der Waals surface area (Å²) in [5.41, 5.74) is 1.37. The van der Waals surface area contributed by atoms with Gasteiger partial charge in [0.15, 0.2) is 0 Å². The Bertz CT molecular complexity index is 511. The molecule has 94 valence electrons. The zero-order valence-corrected chi connectivity index (χ0v) is 9.82. The average Bonchev–Trinajstić information content (AvgIpc) is 2.85. The summed E-state index contributed by atoms with van der Waals surface area (Å²) in [7, 11) is 0. The van der Waals surface area contributed by atoms with Gasteiger partial charge in [-0.2, -0.15) is 0 Å². The molecule has 4 nitrogen and oxygen atoms in total. The van der Waals surface area contributed by atoms with Crippen LogP contribution in [-0.4, -0.2) is 22.4 Å². The molecular formula is C13H14FN3O. The van der Waals surface area contributed by atoms with Crippen molar-refractivity contribution >= 4 is 5.91 Å². The maximum absolute atomic E-state index is 13.3. The van der Waals surface area contributed by atoms with Gasteiger partial charge in [0.1, 0.15) is 5.82 Å². The fourth-order valence-corrected chi connectivity index (χ4v) is 1.64. The van der Waals surface area contributed by atoms with E-state index in [1.54, 1.807) is 30.7 Å². The maximum atomic E-state index is 13.3. The fraction of sp³-hybridized carbons (Fsp3) is 0.231. The largest absolute Gasteiger partial charge is 0.355 e. The SMILES string of the molecule is O=C(Cc1ccccc1F)NCCc1cnc[nH]1. The summed E-state index contributed by atoms with van der Waals surface area (Å²) in [6, 6.07) is 6.29. The molecule has 0 fully saturated rings. The lowest BCUT2D eigenvalue weighted by molar-refractivity contribution is -0.120. The van der Waals surface area contributed by atoms with E-state index in [-0.39, 0.29) is 18.1 Å². The quantitative estimate of drug-likeness (QED) is 0.840. The summed E-state index contributed by atoms with van der Waals surface area (Å²) in [6.45, 7) is 0.509. The monoisotopic (exact) mass is 247 g/mol. The van der Waals surface area contributed by atoms with Crippen molar-refractivity contribution in [2.45, 2.75) is 12.8 Å². The minimum atomic E-state index is -0.346. The van der Waals surface area contributed by atoms with Gasteiger partial charge in [-0.25, -0.2) is 9.37 Å². The summed E-state index contributed by atoms with van der Waals surface area (Å²) in [5, 5.41) is 2.74. The molecule has 1 heterocycles. The molecule has 0 aliphatic rings. The molecule has 0 radical (unpaired) electrons. The highest BCUT2D eigenvalue weighted by atomic mass is 19.1. The van der Waals surface area contributed by atoms with E-state index in [1.807, 2.05) is 0 Å². The molecular weight excluding hydrogens is 233 g/mol. The van der Waals surface area contributed by atoms with E-state index < -0.39 is 0 Å². The van der Waals surface area contributed by atoms with E-state index in [0.717, 1.165) is 5.69 Å². The van der Waals surface area contributed by atoms with Crippen LogP contribution >= 0.6 is 0 Å². The smallest absolute Gasteiger partial charge is 0.224 e. The Kier molecular flexibility index (Phi) is 4.06. The highest BCUT2D eigenvalue weighted by Crippen LogP contribution is 2.06. The molecule has 2 rings (SSSR count). The zero-order chi connectivity index (χ0) is 12.8. The molecule has 2 aromatic rings. The van der Waals surface area contributed by atoms with Crippen LogP contribution in [0.25, 0.3) is 0 Å². The number of benzene rings is 1. The third kappa shape index (κ3) is 3.41. The Morgan fingerprint density at radius 3 is 2.94 bits per heavy atom. The Morgan fingerprint density at radius 1 is 1.39 bits per heavy atom. The Hall–Kier alpha value is -2.17. The summed E-state index contributed by atoms with van der Waals surface area (Å²) >= 11 is 0. The standard InChI is InChI=1S/C13H14FN3O/c14-12-4-2-1-3-10(12)7-13(18)16-6-5-11-8-15-9-17-11/h1-4,8-9H,5-7H2,(H,15,17)(H,16,18). The lowest BCUT2D eigenvalue weighted by atomic mass is 10.1. The zero-order valence-electron chi connectivity index (χ0n) is 9.82. The lowest BCUT2D eigenvalue weighted by Crippen LogP contribution is -2.27. The van der Waals surface area contributed by atoms with Crippen LogP contribution in [0.2, 0.25) is 0 Å². The van der Waals surface area contributed by atoms with Crippen LogP contribution < -0.4 is 5.32 Å².